The second kappa shape index (κ2) is 10.0. The van der Waals surface area contributed by atoms with E-state index in [1.54, 1.807) is 12.1 Å². The van der Waals surface area contributed by atoms with Crippen LogP contribution in [0.25, 0.3) is 22.6 Å². The summed E-state index contributed by atoms with van der Waals surface area (Å²) in [5, 5.41) is 14.8. The number of benzene rings is 2. The molecule has 0 aliphatic carbocycles. The minimum atomic E-state index is -0.366. The topological polar surface area (TPSA) is 84.4 Å². The van der Waals surface area contributed by atoms with Gasteiger partial charge >= 0.3 is 0 Å². The van der Waals surface area contributed by atoms with Crippen molar-refractivity contribution in [3.63, 3.8) is 0 Å². The third kappa shape index (κ3) is 5.12. The molecule has 1 fully saturated rings. The number of aromatic nitrogens is 1. The van der Waals surface area contributed by atoms with Gasteiger partial charge in [0.1, 0.15) is 11.2 Å². The van der Waals surface area contributed by atoms with E-state index in [0.717, 1.165) is 25.2 Å². The Kier molecular flexibility index (Phi) is 7.19. The first kappa shape index (κ1) is 20.8. The number of nitro benzene ring substituents is 1. The van der Waals surface area contributed by atoms with Gasteiger partial charge in [0, 0.05) is 24.7 Å². The molecule has 1 saturated heterocycles. The quantitative estimate of drug-likeness (QED) is 0.448. The fourth-order valence-corrected chi connectivity index (χ4v) is 3.49. The molecular weight excluding hydrogens is 368 g/mol. The minimum absolute atomic E-state index is 0.0356. The van der Waals surface area contributed by atoms with Crippen LogP contribution in [0.2, 0.25) is 0 Å². The molecule has 0 unspecified atom stereocenters. The largest absolute Gasteiger partial charge is 0.436 e. The molecule has 0 amide bonds. The molecule has 0 saturated carbocycles. The molecule has 0 spiro atoms. The summed E-state index contributed by atoms with van der Waals surface area (Å²) in [4.78, 5) is 18.0. The van der Waals surface area contributed by atoms with Crippen LogP contribution in [0.4, 0.5) is 11.4 Å². The number of nitrogens with one attached hydrogen (secondary N) is 1. The summed E-state index contributed by atoms with van der Waals surface area (Å²) >= 11 is 0. The summed E-state index contributed by atoms with van der Waals surface area (Å²) in [5.74, 6) is 0.388. The van der Waals surface area contributed by atoms with Crippen molar-refractivity contribution in [2.75, 3.05) is 31.5 Å². The van der Waals surface area contributed by atoms with Crippen LogP contribution in [0.3, 0.4) is 0 Å². The normalized spacial score (nSPS) is 14.3. The Labute approximate surface area is 170 Å². The van der Waals surface area contributed by atoms with Gasteiger partial charge in [-0.05, 0) is 50.2 Å². The lowest BCUT2D eigenvalue weighted by atomic mass is 10.1. The molecule has 2 heterocycles. The van der Waals surface area contributed by atoms with Gasteiger partial charge in [0.2, 0.25) is 5.89 Å². The van der Waals surface area contributed by atoms with Crippen LogP contribution in [0.1, 0.15) is 33.1 Å². The Morgan fingerprint density at radius 3 is 2.62 bits per heavy atom. The second-order valence-electron chi connectivity index (χ2n) is 6.80. The van der Waals surface area contributed by atoms with E-state index in [1.807, 2.05) is 38.1 Å². The maximum absolute atomic E-state index is 11.5. The first-order valence-electron chi connectivity index (χ1n) is 10.3. The van der Waals surface area contributed by atoms with Gasteiger partial charge in [0.25, 0.3) is 5.69 Å². The molecular formula is C22H28N4O3. The Morgan fingerprint density at radius 2 is 1.90 bits per heavy atom. The molecule has 2 aromatic carbocycles. The summed E-state index contributed by atoms with van der Waals surface area (Å²) in [6.45, 7) is 7.80. The lowest BCUT2D eigenvalue weighted by molar-refractivity contribution is -0.383. The molecule has 1 aliphatic rings. The maximum atomic E-state index is 11.5. The molecule has 4 rings (SSSR count). The fraction of sp³-hybridized carbons (Fsp3) is 0.409. The Morgan fingerprint density at radius 1 is 1.14 bits per heavy atom. The molecule has 29 heavy (non-hydrogen) atoms. The van der Waals surface area contributed by atoms with Crippen molar-refractivity contribution in [2.24, 2.45) is 0 Å². The Bertz CT molecular complexity index is 915. The van der Waals surface area contributed by atoms with Crippen LogP contribution in [0.5, 0.6) is 0 Å². The van der Waals surface area contributed by atoms with Gasteiger partial charge in [-0.2, -0.15) is 0 Å². The predicted octanol–water partition coefficient (Wildman–Crippen LogP) is 5.33. The van der Waals surface area contributed by atoms with Gasteiger partial charge in [0.05, 0.1) is 4.92 Å². The highest BCUT2D eigenvalue weighted by atomic mass is 16.6. The summed E-state index contributed by atoms with van der Waals surface area (Å²) in [6, 6.07) is 12.5. The van der Waals surface area contributed by atoms with Crippen molar-refractivity contribution in [3.8, 4) is 11.5 Å². The van der Waals surface area contributed by atoms with Gasteiger partial charge in [0.15, 0.2) is 5.58 Å². The average Bonchev–Trinajstić information content (AvgIpc) is 3.20. The number of oxazole rings is 1. The zero-order chi connectivity index (χ0) is 20.6. The van der Waals surface area contributed by atoms with Gasteiger partial charge in [-0.25, -0.2) is 4.98 Å². The van der Waals surface area contributed by atoms with Crippen molar-refractivity contribution in [1.29, 1.82) is 0 Å². The lowest BCUT2D eigenvalue weighted by Crippen LogP contribution is -2.33. The van der Waals surface area contributed by atoms with Gasteiger partial charge < -0.3 is 14.6 Å². The molecule has 1 aromatic heterocycles. The third-order valence-electron chi connectivity index (χ3n) is 4.93. The van der Waals surface area contributed by atoms with E-state index in [4.69, 9.17) is 4.42 Å². The van der Waals surface area contributed by atoms with Crippen LogP contribution in [0.15, 0.2) is 46.9 Å². The third-order valence-corrected chi connectivity index (χ3v) is 4.93. The average molecular weight is 396 g/mol. The number of nitro groups is 1. The Hall–Kier alpha value is -2.93. The van der Waals surface area contributed by atoms with Crippen LogP contribution in [-0.2, 0) is 0 Å². The summed E-state index contributed by atoms with van der Waals surface area (Å²) in [6.07, 6.45) is 3.77. The van der Waals surface area contributed by atoms with Crippen molar-refractivity contribution >= 4 is 22.5 Å². The fourth-order valence-electron chi connectivity index (χ4n) is 3.49. The van der Waals surface area contributed by atoms with Gasteiger partial charge in [-0.1, -0.05) is 32.4 Å². The lowest BCUT2D eigenvalue weighted by Gasteiger charge is -2.26. The van der Waals surface area contributed by atoms with Crippen molar-refractivity contribution in [1.82, 2.24) is 9.88 Å². The maximum Gasteiger partial charge on any atom is 0.293 e. The number of para-hydroxylation sites is 2. The van der Waals surface area contributed by atoms with E-state index in [2.05, 4.69) is 15.2 Å². The first-order chi connectivity index (χ1) is 14.2. The number of hydrogen-bond donors (Lipinski definition) is 1. The van der Waals surface area contributed by atoms with E-state index in [9.17, 15) is 10.1 Å². The highest BCUT2D eigenvalue weighted by molar-refractivity contribution is 5.77. The second-order valence-corrected chi connectivity index (χ2v) is 6.80. The standard InChI is InChI=1S/C20H22N4O3.C2H6/c25-24(26)18-14-15(20-22-17-6-2-3-7-19(17)27-20)8-9-16(18)21-10-13-23-11-4-1-5-12-23;1-2/h2-3,6-9,14,21H,1,4-5,10-13H2;1-2H3. The van der Waals surface area contributed by atoms with Crippen LogP contribution >= 0.6 is 0 Å². The van der Waals surface area contributed by atoms with E-state index in [-0.39, 0.29) is 10.6 Å². The number of piperidine rings is 1. The molecule has 154 valence electrons. The molecule has 1 aliphatic heterocycles. The van der Waals surface area contributed by atoms with Crippen molar-refractivity contribution < 1.29 is 9.34 Å². The van der Waals surface area contributed by atoms with Crippen molar-refractivity contribution in [2.45, 2.75) is 33.1 Å². The van der Waals surface area contributed by atoms with E-state index < -0.39 is 0 Å². The number of likely N-dealkylation sites (tertiary alicyclic amines) is 1. The number of hydrogen-bond acceptors (Lipinski definition) is 6. The van der Waals surface area contributed by atoms with Crippen LogP contribution in [-0.4, -0.2) is 41.0 Å². The number of anilines is 1. The molecule has 7 nitrogen and oxygen atoms in total. The number of rotatable bonds is 6. The molecule has 7 heteroatoms. The zero-order valence-electron chi connectivity index (χ0n) is 17.1. The predicted molar refractivity (Wildman–Crippen MR) is 116 cm³/mol. The number of fused-ring (bicyclic) bond motifs is 1. The molecule has 3 aromatic rings. The highest BCUT2D eigenvalue weighted by Gasteiger charge is 2.18. The molecule has 0 atom stereocenters. The highest BCUT2D eigenvalue weighted by Crippen LogP contribution is 2.31. The van der Waals surface area contributed by atoms with E-state index in [1.165, 1.54) is 25.3 Å². The summed E-state index contributed by atoms with van der Waals surface area (Å²) in [5.41, 5.74) is 2.56. The molecule has 0 bridgehead atoms. The monoisotopic (exact) mass is 396 g/mol. The first-order valence-corrected chi connectivity index (χ1v) is 10.3. The van der Waals surface area contributed by atoms with Crippen LogP contribution < -0.4 is 5.32 Å². The number of nitrogens with zero attached hydrogens (tertiary/aromatic N) is 3. The van der Waals surface area contributed by atoms with E-state index in [0.29, 0.717) is 29.3 Å². The minimum Gasteiger partial charge on any atom is -0.436 e. The van der Waals surface area contributed by atoms with Crippen molar-refractivity contribution in [3.05, 3.63) is 52.6 Å². The smallest absolute Gasteiger partial charge is 0.293 e. The SMILES string of the molecule is CC.O=[N+]([O-])c1cc(-c2nc3ccccc3o2)ccc1NCCN1CCCCC1. The summed E-state index contributed by atoms with van der Waals surface area (Å²) in [7, 11) is 0. The summed E-state index contributed by atoms with van der Waals surface area (Å²) < 4.78 is 5.73. The van der Waals surface area contributed by atoms with Crippen LogP contribution in [0, 0.1) is 10.1 Å². The Balaban J connectivity index is 0.00000117. The molecule has 1 N–H and O–H groups in total. The van der Waals surface area contributed by atoms with Gasteiger partial charge in [-0.15, -0.1) is 0 Å². The zero-order valence-corrected chi connectivity index (χ0v) is 17.1. The van der Waals surface area contributed by atoms with E-state index >= 15 is 0 Å². The van der Waals surface area contributed by atoms with Gasteiger partial charge in [-0.3, -0.25) is 10.1 Å². The molecule has 0 radical (unpaired) electrons.